The Balaban J connectivity index is 1.32. The molecule has 33 heavy (non-hydrogen) atoms. The molecular formula is C25H27ClN4O3. The minimum absolute atomic E-state index is 0.0341. The third kappa shape index (κ3) is 5.37. The summed E-state index contributed by atoms with van der Waals surface area (Å²) in [6.07, 6.45) is 7.76. The van der Waals surface area contributed by atoms with Crippen LogP contribution in [0.25, 0.3) is 6.08 Å². The van der Waals surface area contributed by atoms with E-state index >= 15 is 0 Å². The second kappa shape index (κ2) is 10.1. The number of amides is 2. The van der Waals surface area contributed by atoms with Crippen LogP contribution in [0.4, 0.5) is 0 Å². The molecule has 0 saturated carbocycles. The molecule has 2 aromatic heterocycles. The molecule has 172 valence electrons. The minimum Gasteiger partial charge on any atom is -0.472 e. The highest BCUT2D eigenvalue weighted by atomic mass is 35.5. The second-order valence-corrected chi connectivity index (χ2v) is 8.66. The van der Waals surface area contributed by atoms with Crippen LogP contribution < -0.4 is 5.32 Å². The number of likely N-dealkylation sites (tertiary alicyclic amines) is 1. The van der Waals surface area contributed by atoms with E-state index in [1.165, 1.54) is 12.5 Å². The highest BCUT2D eigenvalue weighted by Crippen LogP contribution is 2.20. The third-order valence-corrected chi connectivity index (χ3v) is 6.38. The number of piperidine rings is 1. The van der Waals surface area contributed by atoms with E-state index in [0.717, 1.165) is 35.4 Å². The normalized spacial score (nSPS) is 14.7. The van der Waals surface area contributed by atoms with E-state index < -0.39 is 0 Å². The molecule has 0 aliphatic carbocycles. The Bertz CT molecular complexity index is 1160. The number of nitrogens with one attached hydrogen (secondary N) is 1. The summed E-state index contributed by atoms with van der Waals surface area (Å²) in [5, 5.41) is 8.37. The van der Waals surface area contributed by atoms with Crippen LogP contribution in [0.3, 0.4) is 0 Å². The molecule has 0 radical (unpaired) electrons. The van der Waals surface area contributed by atoms with Crippen LogP contribution in [0.1, 0.15) is 45.7 Å². The number of benzene rings is 1. The lowest BCUT2D eigenvalue weighted by Crippen LogP contribution is -2.46. The maximum absolute atomic E-state index is 12.5. The number of rotatable bonds is 6. The van der Waals surface area contributed by atoms with E-state index in [9.17, 15) is 9.59 Å². The number of furan rings is 1. The molecule has 7 nitrogen and oxygen atoms in total. The first-order valence-electron chi connectivity index (χ1n) is 11.0. The molecule has 1 aromatic carbocycles. The molecule has 1 saturated heterocycles. The van der Waals surface area contributed by atoms with Crippen molar-refractivity contribution in [3.63, 3.8) is 0 Å². The molecule has 2 amide bonds. The van der Waals surface area contributed by atoms with E-state index in [0.29, 0.717) is 30.2 Å². The number of nitrogens with zero attached hydrogens (tertiary/aromatic N) is 3. The van der Waals surface area contributed by atoms with Gasteiger partial charge in [-0.2, -0.15) is 5.10 Å². The second-order valence-electron chi connectivity index (χ2n) is 8.25. The summed E-state index contributed by atoms with van der Waals surface area (Å²) in [4.78, 5) is 26.7. The van der Waals surface area contributed by atoms with Gasteiger partial charge in [-0.1, -0.05) is 29.8 Å². The standard InChI is InChI=1S/C25H27ClN4O3/c1-17-22(18(2)30(28-17)15-19-5-3-4-6-23(19)26)7-8-24(31)27-21-9-12-29(13-10-21)25(32)20-11-14-33-16-20/h3-8,11,14,16,21H,9-10,12-13,15H2,1-2H3,(H,27,31)/b8-7+. The summed E-state index contributed by atoms with van der Waals surface area (Å²) in [6.45, 7) is 5.70. The molecule has 0 spiro atoms. The smallest absolute Gasteiger partial charge is 0.257 e. The zero-order chi connectivity index (χ0) is 23.4. The van der Waals surface area contributed by atoms with Gasteiger partial charge in [-0.05, 0) is 50.5 Å². The Hall–Kier alpha value is -3.32. The number of aryl methyl sites for hydroxylation is 1. The molecule has 1 aliphatic heterocycles. The predicted octanol–water partition coefficient (Wildman–Crippen LogP) is 4.23. The van der Waals surface area contributed by atoms with E-state index in [-0.39, 0.29) is 17.9 Å². The fourth-order valence-electron chi connectivity index (χ4n) is 4.10. The average molecular weight is 467 g/mol. The number of hydrogen-bond donors (Lipinski definition) is 1. The lowest BCUT2D eigenvalue weighted by Gasteiger charge is -2.32. The maximum atomic E-state index is 12.5. The molecular weight excluding hydrogens is 440 g/mol. The topological polar surface area (TPSA) is 80.4 Å². The Morgan fingerprint density at radius 3 is 2.67 bits per heavy atom. The largest absolute Gasteiger partial charge is 0.472 e. The van der Waals surface area contributed by atoms with Crippen LogP contribution in [0, 0.1) is 13.8 Å². The van der Waals surface area contributed by atoms with E-state index in [1.54, 1.807) is 17.0 Å². The molecule has 4 rings (SSSR count). The van der Waals surface area contributed by atoms with Crippen LogP contribution in [-0.2, 0) is 11.3 Å². The van der Waals surface area contributed by atoms with E-state index in [4.69, 9.17) is 16.0 Å². The molecule has 1 fully saturated rings. The molecule has 1 N–H and O–H groups in total. The Morgan fingerprint density at radius 1 is 1.21 bits per heavy atom. The quantitative estimate of drug-likeness (QED) is 0.551. The van der Waals surface area contributed by atoms with Crippen molar-refractivity contribution in [2.75, 3.05) is 13.1 Å². The van der Waals surface area contributed by atoms with Gasteiger partial charge in [0.2, 0.25) is 5.91 Å². The van der Waals surface area contributed by atoms with Gasteiger partial charge in [-0.3, -0.25) is 14.3 Å². The van der Waals surface area contributed by atoms with Crippen LogP contribution >= 0.6 is 11.6 Å². The van der Waals surface area contributed by atoms with E-state index in [2.05, 4.69) is 10.4 Å². The van der Waals surface area contributed by atoms with Gasteiger partial charge in [0.05, 0.1) is 24.1 Å². The SMILES string of the molecule is Cc1nn(Cc2ccccc2Cl)c(C)c1/C=C/C(=O)NC1CCN(C(=O)c2ccoc2)CC1. The summed E-state index contributed by atoms with van der Waals surface area (Å²) < 4.78 is 6.90. The zero-order valence-electron chi connectivity index (χ0n) is 18.8. The summed E-state index contributed by atoms with van der Waals surface area (Å²) in [5.41, 5.74) is 4.31. The average Bonchev–Trinajstić information content (AvgIpc) is 3.43. The number of carbonyl (C=O) groups excluding carboxylic acids is 2. The van der Waals surface area contributed by atoms with Gasteiger partial charge in [0.25, 0.3) is 5.91 Å². The van der Waals surface area contributed by atoms with Gasteiger partial charge in [-0.15, -0.1) is 0 Å². The third-order valence-electron chi connectivity index (χ3n) is 6.01. The van der Waals surface area contributed by atoms with Crippen molar-refractivity contribution in [3.8, 4) is 0 Å². The minimum atomic E-state index is -0.146. The van der Waals surface area contributed by atoms with Gasteiger partial charge < -0.3 is 14.6 Å². The monoisotopic (exact) mass is 466 g/mol. The molecule has 0 unspecified atom stereocenters. The summed E-state index contributed by atoms with van der Waals surface area (Å²) in [5.74, 6) is -0.180. The fourth-order valence-corrected chi connectivity index (χ4v) is 4.29. The Kier molecular flexibility index (Phi) is 6.99. The maximum Gasteiger partial charge on any atom is 0.257 e. The summed E-state index contributed by atoms with van der Waals surface area (Å²) in [7, 11) is 0. The number of hydrogen-bond acceptors (Lipinski definition) is 4. The van der Waals surface area contributed by atoms with E-state index in [1.807, 2.05) is 48.9 Å². The number of aromatic nitrogens is 2. The van der Waals surface area contributed by atoms with Crippen molar-refractivity contribution >= 4 is 29.5 Å². The van der Waals surface area contributed by atoms with Crippen molar-refractivity contribution in [1.29, 1.82) is 0 Å². The van der Waals surface area contributed by atoms with Gasteiger partial charge in [0.15, 0.2) is 0 Å². The van der Waals surface area contributed by atoms with Crippen LogP contribution in [0.5, 0.6) is 0 Å². The van der Waals surface area contributed by atoms with Crippen molar-refractivity contribution in [2.24, 2.45) is 0 Å². The molecule has 0 atom stereocenters. The predicted molar refractivity (Wildman–Crippen MR) is 127 cm³/mol. The molecule has 0 bridgehead atoms. The Morgan fingerprint density at radius 2 is 1.97 bits per heavy atom. The highest BCUT2D eigenvalue weighted by molar-refractivity contribution is 6.31. The fraction of sp³-hybridized carbons (Fsp3) is 0.320. The van der Waals surface area contributed by atoms with Gasteiger partial charge in [0.1, 0.15) is 6.26 Å². The molecule has 3 aromatic rings. The van der Waals surface area contributed by atoms with Crippen molar-refractivity contribution in [3.05, 3.63) is 82.0 Å². The lowest BCUT2D eigenvalue weighted by molar-refractivity contribution is -0.117. The molecule has 3 heterocycles. The highest BCUT2D eigenvalue weighted by Gasteiger charge is 2.24. The summed E-state index contributed by atoms with van der Waals surface area (Å²) in [6, 6.07) is 9.42. The molecule has 8 heteroatoms. The summed E-state index contributed by atoms with van der Waals surface area (Å²) >= 11 is 6.29. The molecule has 1 aliphatic rings. The Labute approximate surface area is 198 Å². The van der Waals surface area contributed by atoms with Gasteiger partial charge >= 0.3 is 0 Å². The lowest BCUT2D eigenvalue weighted by atomic mass is 10.0. The number of halogens is 1. The number of carbonyl (C=O) groups is 2. The van der Waals surface area contributed by atoms with Gasteiger partial charge in [-0.25, -0.2) is 0 Å². The van der Waals surface area contributed by atoms with Crippen LogP contribution in [0.2, 0.25) is 5.02 Å². The van der Waals surface area contributed by atoms with Crippen molar-refractivity contribution < 1.29 is 14.0 Å². The zero-order valence-corrected chi connectivity index (χ0v) is 19.5. The first kappa shape index (κ1) is 22.9. The first-order valence-corrected chi connectivity index (χ1v) is 11.4. The first-order chi connectivity index (χ1) is 15.9. The van der Waals surface area contributed by atoms with Crippen molar-refractivity contribution in [1.82, 2.24) is 20.0 Å². The van der Waals surface area contributed by atoms with Crippen LogP contribution in [-0.4, -0.2) is 45.6 Å². The van der Waals surface area contributed by atoms with Crippen molar-refractivity contribution in [2.45, 2.75) is 39.3 Å². The van der Waals surface area contributed by atoms with Gasteiger partial charge in [0, 0.05) is 41.5 Å². The van der Waals surface area contributed by atoms with Crippen LogP contribution in [0.15, 0.2) is 53.4 Å².